The first-order chi connectivity index (χ1) is 8.20. The van der Waals surface area contributed by atoms with E-state index in [2.05, 4.69) is 0 Å². The van der Waals surface area contributed by atoms with Gasteiger partial charge in [0.05, 0.1) is 16.9 Å². The Balaban J connectivity index is 2.35. The summed E-state index contributed by atoms with van der Waals surface area (Å²) in [5, 5.41) is 9.36. The Morgan fingerprint density at radius 1 is 1.33 bits per heavy atom. The van der Waals surface area contributed by atoms with E-state index in [1.54, 1.807) is 20.8 Å². The van der Waals surface area contributed by atoms with E-state index in [4.69, 9.17) is 0 Å². The summed E-state index contributed by atoms with van der Waals surface area (Å²) in [7, 11) is 0. The highest BCUT2D eigenvalue weighted by Gasteiger charge is 2.56. The fourth-order valence-corrected chi connectivity index (χ4v) is 3.10. The summed E-state index contributed by atoms with van der Waals surface area (Å²) in [5.74, 6) is -1.38. The van der Waals surface area contributed by atoms with Crippen molar-refractivity contribution in [3.05, 3.63) is 0 Å². The van der Waals surface area contributed by atoms with Crippen LogP contribution in [0.25, 0.3) is 0 Å². The van der Waals surface area contributed by atoms with Crippen LogP contribution in [-0.2, 0) is 14.4 Å². The van der Waals surface area contributed by atoms with Crippen molar-refractivity contribution in [3.8, 4) is 0 Å². The van der Waals surface area contributed by atoms with Gasteiger partial charge in [0.2, 0.25) is 11.8 Å². The molecule has 1 N–H and O–H groups in total. The fraction of sp³-hybridized carbons (Fsp3) is 0.769. The van der Waals surface area contributed by atoms with Crippen LogP contribution in [0.4, 0.5) is 0 Å². The lowest BCUT2D eigenvalue weighted by atomic mass is 9.83. The van der Waals surface area contributed by atoms with Crippen molar-refractivity contribution in [2.24, 2.45) is 10.8 Å². The minimum Gasteiger partial charge on any atom is -0.481 e. The van der Waals surface area contributed by atoms with Crippen molar-refractivity contribution in [1.82, 2.24) is 4.90 Å². The summed E-state index contributed by atoms with van der Waals surface area (Å²) in [6.07, 6.45) is 2.03. The standard InChI is InChI=1S/C13H19NO4/c1-12(2)7-9(15)14(10(12)16)8-5-4-6-13(8,3)11(17)18/h8H,4-7H2,1-3H3,(H,17,18). The third-order valence-corrected chi connectivity index (χ3v) is 4.37. The Hall–Kier alpha value is -1.39. The Kier molecular flexibility index (Phi) is 2.76. The average molecular weight is 253 g/mol. The third-order valence-electron chi connectivity index (χ3n) is 4.37. The number of carboxylic acids is 1. The van der Waals surface area contributed by atoms with Crippen LogP contribution in [-0.4, -0.2) is 33.8 Å². The van der Waals surface area contributed by atoms with E-state index in [0.29, 0.717) is 12.8 Å². The van der Waals surface area contributed by atoms with Crippen molar-refractivity contribution < 1.29 is 19.5 Å². The summed E-state index contributed by atoms with van der Waals surface area (Å²) in [5.41, 5.74) is -1.69. The predicted molar refractivity (Wildman–Crippen MR) is 63.6 cm³/mol. The molecule has 2 rings (SSSR count). The molecule has 5 nitrogen and oxygen atoms in total. The molecule has 1 aliphatic heterocycles. The Bertz CT molecular complexity index is 429. The largest absolute Gasteiger partial charge is 0.481 e. The SMILES string of the molecule is CC1(C)CC(=O)N(C2CCCC2(C)C(=O)O)C1=O. The fourth-order valence-electron chi connectivity index (χ4n) is 3.10. The molecule has 1 saturated heterocycles. The van der Waals surface area contributed by atoms with E-state index in [1.807, 2.05) is 0 Å². The summed E-state index contributed by atoms with van der Waals surface area (Å²) < 4.78 is 0. The predicted octanol–water partition coefficient (Wildman–Crippen LogP) is 1.41. The number of aliphatic carboxylic acids is 1. The van der Waals surface area contributed by atoms with Gasteiger partial charge < -0.3 is 5.11 Å². The lowest BCUT2D eigenvalue weighted by Gasteiger charge is -2.33. The van der Waals surface area contributed by atoms with Crippen LogP contribution >= 0.6 is 0 Å². The second-order valence-corrected chi connectivity index (χ2v) is 6.26. The molecule has 2 amide bonds. The normalized spacial score (nSPS) is 35.3. The summed E-state index contributed by atoms with van der Waals surface area (Å²) in [4.78, 5) is 36.9. The van der Waals surface area contributed by atoms with Crippen molar-refractivity contribution in [2.45, 2.75) is 52.5 Å². The van der Waals surface area contributed by atoms with Crippen LogP contribution in [0.2, 0.25) is 0 Å². The molecule has 1 heterocycles. The Morgan fingerprint density at radius 3 is 2.39 bits per heavy atom. The quantitative estimate of drug-likeness (QED) is 0.755. The van der Waals surface area contributed by atoms with Crippen LogP contribution < -0.4 is 0 Å². The van der Waals surface area contributed by atoms with Gasteiger partial charge in [-0.1, -0.05) is 20.3 Å². The molecule has 0 aromatic carbocycles. The van der Waals surface area contributed by atoms with Gasteiger partial charge in [-0.15, -0.1) is 0 Å². The molecule has 1 saturated carbocycles. The van der Waals surface area contributed by atoms with E-state index < -0.39 is 22.8 Å². The zero-order valence-corrected chi connectivity index (χ0v) is 11.0. The first kappa shape index (κ1) is 13.1. The van der Waals surface area contributed by atoms with Crippen LogP contribution in [0.3, 0.4) is 0 Å². The van der Waals surface area contributed by atoms with E-state index in [1.165, 1.54) is 4.90 Å². The number of hydrogen-bond donors (Lipinski definition) is 1. The van der Waals surface area contributed by atoms with Crippen LogP contribution in [0, 0.1) is 10.8 Å². The molecule has 0 bridgehead atoms. The highest BCUT2D eigenvalue weighted by molar-refractivity contribution is 6.06. The van der Waals surface area contributed by atoms with E-state index in [9.17, 15) is 19.5 Å². The lowest BCUT2D eigenvalue weighted by molar-refractivity contribution is -0.155. The molecule has 2 fully saturated rings. The van der Waals surface area contributed by atoms with Gasteiger partial charge in [0.1, 0.15) is 0 Å². The number of carbonyl (C=O) groups excluding carboxylic acids is 2. The van der Waals surface area contributed by atoms with Gasteiger partial charge in [-0.05, 0) is 19.8 Å². The van der Waals surface area contributed by atoms with E-state index in [0.717, 1.165) is 6.42 Å². The molecule has 2 atom stereocenters. The average Bonchev–Trinajstić information content (AvgIpc) is 2.69. The van der Waals surface area contributed by atoms with Crippen LogP contribution in [0.1, 0.15) is 46.5 Å². The lowest BCUT2D eigenvalue weighted by Crippen LogP contribution is -2.50. The minimum absolute atomic E-state index is 0.179. The van der Waals surface area contributed by atoms with Gasteiger partial charge >= 0.3 is 5.97 Å². The summed E-state index contributed by atoms with van der Waals surface area (Å²) in [6.45, 7) is 5.11. The number of imide groups is 1. The topological polar surface area (TPSA) is 74.7 Å². The van der Waals surface area contributed by atoms with Gasteiger partial charge in [-0.25, -0.2) is 0 Å². The Labute approximate surface area is 106 Å². The molecule has 2 aliphatic rings. The van der Waals surface area contributed by atoms with Crippen molar-refractivity contribution >= 4 is 17.8 Å². The molecule has 0 radical (unpaired) electrons. The maximum absolute atomic E-state index is 12.2. The third kappa shape index (κ3) is 1.64. The molecule has 18 heavy (non-hydrogen) atoms. The van der Waals surface area contributed by atoms with Gasteiger partial charge in [0.25, 0.3) is 0 Å². The zero-order valence-electron chi connectivity index (χ0n) is 11.0. The number of rotatable bonds is 2. The van der Waals surface area contributed by atoms with E-state index in [-0.39, 0.29) is 18.2 Å². The maximum Gasteiger partial charge on any atom is 0.311 e. The molecule has 2 unspecified atom stereocenters. The number of likely N-dealkylation sites (tertiary alicyclic amines) is 1. The molecule has 5 heteroatoms. The van der Waals surface area contributed by atoms with Crippen LogP contribution in [0.15, 0.2) is 0 Å². The Morgan fingerprint density at radius 2 is 1.94 bits per heavy atom. The minimum atomic E-state index is -0.994. The molecule has 0 spiro atoms. The number of carboxylic acid groups (broad SMARTS) is 1. The van der Waals surface area contributed by atoms with Crippen molar-refractivity contribution in [3.63, 3.8) is 0 Å². The van der Waals surface area contributed by atoms with Gasteiger partial charge in [-0.3, -0.25) is 19.3 Å². The smallest absolute Gasteiger partial charge is 0.311 e. The second-order valence-electron chi connectivity index (χ2n) is 6.26. The van der Waals surface area contributed by atoms with Crippen molar-refractivity contribution in [1.29, 1.82) is 0 Å². The van der Waals surface area contributed by atoms with Gasteiger partial charge in [0.15, 0.2) is 0 Å². The molecule has 100 valence electrons. The highest BCUT2D eigenvalue weighted by atomic mass is 16.4. The molecular weight excluding hydrogens is 234 g/mol. The molecular formula is C13H19NO4. The number of hydrogen-bond acceptors (Lipinski definition) is 3. The maximum atomic E-state index is 12.2. The van der Waals surface area contributed by atoms with Gasteiger partial charge in [0, 0.05) is 6.42 Å². The highest BCUT2D eigenvalue weighted by Crippen LogP contribution is 2.45. The monoisotopic (exact) mass is 253 g/mol. The first-order valence-corrected chi connectivity index (χ1v) is 6.30. The van der Waals surface area contributed by atoms with E-state index >= 15 is 0 Å². The first-order valence-electron chi connectivity index (χ1n) is 6.30. The molecule has 1 aliphatic carbocycles. The number of amides is 2. The number of nitrogens with zero attached hydrogens (tertiary/aromatic N) is 1. The summed E-state index contributed by atoms with van der Waals surface area (Å²) >= 11 is 0. The van der Waals surface area contributed by atoms with Crippen molar-refractivity contribution in [2.75, 3.05) is 0 Å². The number of carbonyl (C=O) groups is 3. The summed E-state index contributed by atoms with van der Waals surface area (Å²) in [6, 6.07) is -0.489. The van der Waals surface area contributed by atoms with Crippen LogP contribution in [0.5, 0.6) is 0 Å². The zero-order chi connectivity index (χ0) is 13.7. The second kappa shape index (κ2) is 3.80. The van der Waals surface area contributed by atoms with Gasteiger partial charge in [-0.2, -0.15) is 0 Å². The molecule has 0 aromatic heterocycles. The molecule has 0 aromatic rings.